The van der Waals surface area contributed by atoms with Crippen molar-refractivity contribution in [2.45, 2.75) is 0 Å². The fourth-order valence-electron chi connectivity index (χ4n) is 1.35. The lowest BCUT2D eigenvalue weighted by Crippen LogP contribution is -2.18. The third-order valence-corrected chi connectivity index (χ3v) is 2.28. The Morgan fingerprint density at radius 3 is 2.94 bits per heavy atom. The van der Waals surface area contributed by atoms with Crippen molar-refractivity contribution in [2.24, 2.45) is 7.05 Å². The lowest BCUT2D eigenvalue weighted by Gasteiger charge is -2.05. The van der Waals surface area contributed by atoms with Crippen LogP contribution in [0.5, 0.6) is 11.6 Å². The number of carboxylic acid groups (broad SMARTS) is 1. The van der Waals surface area contributed by atoms with Crippen molar-refractivity contribution in [3.05, 3.63) is 52.6 Å². The fourth-order valence-corrected chi connectivity index (χ4v) is 1.35. The van der Waals surface area contributed by atoms with E-state index in [0.717, 1.165) is 0 Å². The summed E-state index contributed by atoms with van der Waals surface area (Å²) in [4.78, 5) is 26.2. The molecule has 1 N–H and O–H groups in total. The maximum Gasteiger partial charge on any atom is 0.335 e. The Hall–Kier alpha value is -2.63. The number of rotatable bonds is 3. The number of ether oxygens (including phenoxy) is 1. The summed E-state index contributed by atoms with van der Waals surface area (Å²) in [6.45, 7) is 0. The van der Waals surface area contributed by atoms with Crippen LogP contribution in [0.15, 0.2) is 41.5 Å². The molecule has 6 heteroatoms. The first-order valence-corrected chi connectivity index (χ1v) is 5.11. The number of aryl methyl sites for hydroxylation is 1. The molecule has 0 fully saturated rings. The van der Waals surface area contributed by atoms with Gasteiger partial charge < -0.3 is 14.4 Å². The summed E-state index contributed by atoms with van der Waals surface area (Å²) in [6.07, 6.45) is 2.93. The summed E-state index contributed by atoms with van der Waals surface area (Å²) in [5, 5.41) is 8.84. The van der Waals surface area contributed by atoms with Crippen LogP contribution < -0.4 is 10.3 Å². The lowest BCUT2D eigenvalue weighted by atomic mass is 10.2. The Morgan fingerprint density at radius 2 is 2.22 bits per heavy atom. The van der Waals surface area contributed by atoms with Gasteiger partial charge in [0, 0.05) is 19.4 Å². The van der Waals surface area contributed by atoms with E-state index in [0.29, 0.717) is 0 Å². The number of aromatic nitrogens is 2. The van der Waals surface area contributed by atoms with Crippen molar-refractivity contribution in [3.8, 4) is 11.6 Å². The van der Waals surface area contributed by atoms with Crippen molar-refractivity contribution >= 4 is 5.97 Å². The molecule has 0 unspecified atom stereocenters. The maximum absolute atomic E-state index is 11.7. The first-order chi connectivity index (χ1) is 8.58. The van der Waals surface area contributed by atoms with Gasteiger partial charge in [0.05, 0.1) is 5.56 Å². The van der Waals surface area contributed by atoms with E-state index in [4.69, 9.17) is 9.84 Å². The largest absolute Gasteiger partial charge is 0.478 e. The Labute approximate surface area is 102 Å². The van der Waals surface area contributed by atoms with E-state index in [1.165, 1.54) is 35.2 Å². The van der Waals surface area contributed by atoms with Gasteiger partial charge in [0.2, 0.25) is 0 Å². The Balaban J connectivity index is 2.34. The van der Waals surface area contributed by atoms with Gasteiger partial charge >= 0.3 is 11.5 Å². The summed E-state index contributed by atoms with van der Waals surface area (Å²) in [5.41, 5.74) is -0.307. The molecule has 92 valence electrons. The summed E-state index contributed by atoms with van der Waals surface area (Å²) >= 11 is 0. The monoisotopic (exact) mass is 246 g/mol. The summed E-state index contributed by atoms with van der Waals surface area (Å²) < 4.78 is 6.60. The first kappa shape index (κ1) is 11.8. The van der Waals surface area contributed by atoms with Crippen LogP contribution >= 0.6 is 0 Å². The highest BCUT2D eigenvalue weighted by Gasteiger charge is 2.08. The molecule has 1 aromatic heterocycles. The van der Waals surface area contributed by atoms with Crippen molar-refractivity contribution in [2.75, 3.05) is 0 Å². The molecule has 1 heterocycles. The van der Waals surface area contributed by atoms with Gasteiger partial charge in [0.25, 0.3) is 5.88 Å². The highest BCUT2D eigenvalue weighted by molar-refractivity contribution is 5.88. The minimum Gasteiger partial charge on any atom is -0.478 e. The second-order valence-corrected chi connectivity index (χ2v) is 3.58. The van der Waals surface area contributed by atoms with Crippen LogP contribution in [0, 0.1) is 0 Å². The molecule has 0 saturated carbocycles. The van der Waals surface area contributed by atoms with Crippen molar-refractivity contribution in [3.63, 3.8) is 0 Å². The van der Waals surface area contributed by atoms with E-state index in [1.54, 1.807) is 13.1 Å². The third kappa shape index (κ3) is 2.37. The second-order valence-electron chi connectivity index (χ2n) is 3.58. The SMILES string of the molecule is Cn1ccnc(Oc2cccc(C(=O)O)c2)c1=O. The van der Waals surface area contributed by atoms with Crippen molar-refractivity contribution in [1.82, 2.24) is 9.55 Å². The van der Waals surface area contributed by atoms with E-state index < -0.39 is 11.5 Å². The van der Waals surface area contributed by atoms with Crippen LogP contribution in [-0.2, 0) is 7.05 Å². The predicted octanol–water partition coefficient (Wildman–Crippen LogP) is 1.27. The van der Waals surface area contributed by atoms with Gasteiger partial charge in [-0.05, 0) is 18.2 Å². The molecule has 0 amide bonds. The Bertz CT molecular complexity index is 649. The molecule has 0 bridgehead atoms. The molecule has 2 rings (SSSR count). The van der Waals surface area contributed by atoms with Crippen LogP contribution in [-0.4, -0.2) is 20.6 Å². The van der Waals surface area contributed by atoms with Crippen LogP contribution in [0.2, 0.25) is 0 Å². The molecular formula is C12H10N2O4. The molecule has 0 atom stereocenters. The van der Waals surface area contributed by atoms with Crippen LogP contribution in [0.1, 0.15) is 10.4 Å². The number of carbonyl (C=O) groups is 1. The van der Waals surface area contributed by atoms with E-state index in [-0.39, 0.29) is 17.2 Å². The van der Waals surface area contributed by atoms with Gasteiger partial charge in [-0.25, -0.2) is 9.78 Å². The smallest absolute Gasteiger partial charge is 0.335 e. The Morgan fingerprint density at radius 1 is 1.44 bits per heavy atom. The van der Waals surface area contributed by atoms with Gasteiger partial charge in [-0.15, -0.1) is 0 Å². The minimum atomic E-state index is -1.06. The highest BCUT2D eigenvalue weighted by atomic mass is 16.5. The zero-order valence-corrected chi connectivity index (χ0v) is 9.53. The average molecular weight is 246 g/mol. The van der Waals surface area contributed by atoms with Crippen LogP contribution in [0.25, 0.3) is 0 Å². The summed E-state index contributed by atoms with van der Waals surface area (Å²) in [5.74, 6) is -0.900. The molecule has 0 aliphatic heterocycles. The molecule has 18 heavy (non-hydrogen) atoms. The average Bonchev–Trinajstić information content (AvgIpc) is 2.35. The molecule has 0 saturated heterocycles. The Kier molecular flexibility index (Phi) is 3.09. The number of benzene rings is 1. The van der Waals surface area contributed by atoms with Gasteiger partial charge in [0.15, 0.2) is 0 Å². The van der Waals surface area contributed by atoms with E-state index in [1.807, 2.05) is 0 Å². The molecular weight excluding hydrogens is 236 g/mol. The standard InChI is InChI=1S/C12H10N2O4/c1-14-6-5-13-10(11(14)15)18-9-4-2-3-8(7-9)12(16)17/h2-7H,1H3,(H,16,17). The molecule has 1 aromatic carbocycles. The molecule has 0 radical (unpaired) electrons. The highest BCUT2D eigenvalue weighted by Crippen LogP contribution is 2.17. The maximum atomic E-state index is 11.7. The predicted molar refractivity (Wildman–Crippen MR) is 63.0 cm³/mol. The third-order valence-electron chi connectivity index (χ3n) is 2.28. The number of nitrogens with zero attached hydrogens (tertiary/aromatic N) is 2. The van der Waals surface area contributed by atoms with Crippen LogP contribution in [0.4, 0.5) is 0 Å². The molecule has 6 nitrogen and oxygen atoms in total. The fraction of sp³-hybridized carbons (Fsp3) is 0.0833. The molecule has 0 aliphatic carbocycles. The summed E-state index contributed by atoms with van der Waals surface area (Å²) in [6, 6.07) is 5.86. The molecule has 2 aromatic rings. The van der Waals surface area contributed by atoms with Gasteiger partial charge in [-0.2, -0.15) is 0 Å². The van der Waals surface area contributed by atoms with E-state index in [2.05, 4.69) is 4.98 Å². The molecule has 0 spiro atoms. The number of hydrogen-bond donors (Lipinski definition) is 1. The molecule has 0 aliphatic rings. The quantitative estimate of drug-likeness (QED) is 0.881. The van der Waals surface area contributed by atoms with E-state index >= 15 is 0 Å². The van der Waals surface area contributed by atoms with Crippen LogP contribution in [0.3, 0.4) is 0 Å². The van der Waals surface area contributed by atoms with E-state index in [9.17, 15) is 9.59 Å². The number of carboxylic acids is 1. The number of aromatic carboxylic acids is 1. The zero-order valence-electron chi connectivity index (χ0n) is 9.53. The zero-order chi connectivity index (χ0) is 13.1. The lowest BCUT2D eigenvalue weighted by molar-refractivity contribution is 0.0696. The van der Waals surface area contributed by atoms with Gasteiger partial charge in [-0.3, -0.25) is 4.79 Å². The topological polar surface area (TPSA) is 81.4 Å². The van der Waals surface area contributed by atoms with Gasteiger partial charge in [-0.1, -0.05) is 6.07 Å². The minimum absolute atomic E-state index is 0.0836. The first-order valence-electron chi connectivity index (χ1n) is 5.11. The number of hydrogen-bond acceptors (Lipinski definition) is 4. The summed E-state index contributed by atoms with van der Waals surface area (Å²) in [7, 11) is 1.57. The van der Waals surface area contributed by atoms with Crippen molar-refractivity contribution in [1.29, 1.82) is 0 Å². The second kappa shape index (κ2) is 4.70. The normalized spacial score (nSPS) is 10.1. The van der Waals surface area contributed by atoms with Crippen molar-refractivity contribution < 1.29 is 14.6 Å². The van der Waals surface area contributed by atoms with Gasteiger partial charge in [0.1, 0.15) is 5.75 Å².